The molecule has 1 saturated heterocycles. The van der Waals surface area contributed by atoms with Crippen molar-refractivity contribution in [1.82, 2.24) is 10.1 Å². The van der Waals surface area contributed by atoms with Crippen LogP contribution in [0.4, 0.5) is 0 Å². The summed E-state index contributed by atoms with van der Waals surface area (Å²) in [5.74, 6) is 1.19. The molecule has 13 heavy (non-hydrogen) atoms. The Kier molecular flexibility index (Phi) is 2.40. The lowest BCUT2D eigenvalue weighted by molar-refractivity contribution is 0.109. The van der Waals surface area contributed by atoms with E-state index in [0.29, 0.717) is 11.7 Å². The Morgan fingerprint density at radius 2 is 2.54 bits per heavy atom. The van der Waals surface area contributed by atoms with Crippen LogP contribution >= 0.6 is 0 Å². The van der Waals surface area contributed by atoms with Crippen LogP contribution in [0.5, 0.6) is 0 Å². The molecule has 2 rings (SSSR count). The van der Waals surface area contributed by atoms with Gasteiger partial charge in [0.15, 0.2) is 5.82 Å². The van der Waals surface area contributed by atoms with Gasteiger partial charge in [0.2, 0.25) is 5.89 Å². The molecule has 4 nitrogen and oxygen atoms in total. The maximum atomic E-state index is 5.45. The summed E-state index contributed by atoms with van der Waals surface area (Å²) in [7, 11) is 0. The van der Waals surface area contributed by atoms with Gasteiger partial charge in [-0.1, -0.05) is 11.7 Å². The van der Waals surface area contributed by atoms with Crippen molar-refractivity contribution in [3.63, 3.8) is 0 Å². The van der Waals surface area contributed by atoms with Crippen molar-refractivity contribution in [2.75, 3.05) is 6.61 Å². The first-order chi connectivity index (χ1) is 6.38. The van der Waals surface area contributed by atoms with E-state index >= 15 is 0 Å². The van der Waals surface area contributed by atoms with Crippen molar-refractivity contribution < 1.29 is 9.26 Å². The first-order valence-electron chi connectivity index (χ1n) is 4.45. The molecule has 0 amide bonds. The summed E-state index contributed by atoms with van der Waals surface area (Å²) >= 11 is 0. The average Bonchev–Trinajstić information content (AvgIpc) is 2.76. The van der Waals surface area contributed by atoms with E-state index in [1.54, 1.807) is 6.08 Å². The Balaban J connectivity index is 1.96. The van der Waals surface area contributed by atoms with E-state index in [-0.39, 0.29) is 6.10 Å². The van der Waals surface area contributed by atoms with Gasteiger partial charge < -0.3 is 9.26 Å². The Morgan fingerprint density at radius 3 is 3.15 bits per heavy atom. The minimum absolute atomic E-state index is 0.273. The highest BCUT2D eigenvalue weighted by Crippen LogP contribution is 2.15. The van der Waals surface area contributed by atoms with Crippen molar-refractivity contribution in [3.8, 4) is 0 Å². The highest BCUT2D eigenvalue weighted by atomic mass is 16.5. The lowest BCUT2D eigenvalue weighted by atomic mass is 10.2. The van der Waals surface area contributed by atoms with Gasteiger partial charge in [0.05, 0.1) is 6.10 Å². The molecule has 4 heteroatoms. The monoisotopic (exact) mass is 180 g/mol. The Labute approximate surface area is 76.6 Å². The van der Waals surface area contributed by atoms with E-state index < -0.39 is 0 Å². The van der Waals surface area contributed by atoms with E-state index in [0.717, 1.165) is 25.9 Å². The highest BCUT2D eigenvalue weighted by molar-refractivity contribution is 5.32. The molecule has 2 heterocycles. The number of hydrogen-bond donors (Lipinski definition) is 0. The predicted molar refractivity (Wildman–Crippen MR) is 47.1 cm³/mol. The molecule has 1 aromatic rings. The molecule has 1 aromatic heterocycles. The lowest BCUT2D eigenvalue weighted by Crippen LogP contribution is -2.09. The molecule has 1 aliphatic rings. The average molecular weight is 180 g/mol. The molecule has 0 aliphatic carbocycles. The molecule has 1 aliphatic heterocycles. The Bertz CT molecular complexity index is 290. The maximum absolute atomic E-state index is 5.45. The van der Waals surface area contributed by atoms with Crippen LogP contribution in [-0.2, 0) is 11.2 Å². The van der Waals surface area contributed by atoms with Gasteiger partial charge >= 0.3 is 0 Å². The van der Waals surface area contributed by atoms with Crippen LogP contribution in [-0.4, -0.2) is 22.9 Å². The SMILES string of the molecule is C=Cc1nc(CC2CCCO2)no1. The van der Waals surface area contributed by atoms with Gasteiger partial charge in [0, 0.05) is 13.0 Å². The van der Waals surface area contributed by atoms with Crippen molar-refractivity contribution >= 4 is 6.08 Å². The molecule has 0 radical (unpaired) electrons. The van der Waals surface area contributed by atoms with E-state index in [1.165, 1.54) is 0 Å². The predicted octanol–water partition coefficient (Wildman–Crippen LogP) is 1.43. The number of ether oxygens (including phenoxy) is 1. The molecule has 0 saturated carbocycles. The summed E-state index contributed by atoms with van der Waals surface area (Å²) < 4.78 is 10.3. The second-order valence-electron chi connectivity index (χ2n) is 3.09. The number of rotatable bonds is 3. The standard InChI is InChI=1S/C9H12N2O2/c1-2-9-10-8(11-13-9)6-7-4-3-5-12-7/h2,7H,1,3-6H2. The third-order valence-electron chi connectivity index (χ3n) is 2.09. The topological polar surface area (TPSA) is 48.2 Å². The van der Waals surface area contributed by atoms with Crippen LogP contribution in [0.2, 0.25) is 0 Å². The lowest BCUT2D eigenvalue weighted by Gasteiger charge is -2.03. The molecular formula is C9H12N2O2. The van der Waals surface area contributed by atoms with Gasteiger partial charge in [-0.3, -0.25) is 0 Å². The van der Waals surface area contributed by atoms with Crippen molar-refractivity contribution in [3.05, 3.63) is 18.3 Å². The van der Waals surface area contributed by atoms with E-state index in [9.17, 15) is 0 Å². The van der Waals surface area contributed by atoms with Gasteiger partial charge in [-0.2, -0.15) is 4.98 Å². The first kappa shape index (κ1) is 8.44. The largest absolute Gasteiger partial charge is 0.378 e. The first-order valence-corrected chi connectivity index (χ1v) is 4.45. The number of aromatic nitrogens is 2. The van der Waals surface area contributed by atoms with Crippen LogP contribution in [0.1, 0.15) is 24.6 Å². The number of hydrogen-bond acceptors (Lipinski definition) is 4. The molecule has 1 unspecified atom stereocenters. The van der Waals surface area contributed by atoms with Crippen molar-refractivity contribution in [2.45, 2.75) is 25.4 Å². The van der Waals surface area contributed by atoms with Crippen molar-refractivity contribution in [2.24, 2.45) is 0 Å². The van der Waals surface area contributed by atoms with Crippen LogP contribution in [0.25, 0.3) is 6.08 Å². The van der Waals surface area contributed by atoms with Gasteiger partial charge in [0.25, 0.3) is 0 Å². The van der Waals surface area contributed by atoms with Crippen LogP contribution in [0, 0.1) is 0 Å². The second-order valence-corrected chi connectivity index (χ2v) is 3.09. The van der Waals surface area contributed by atoms with Gasteiger partial charge in [-0.15, -0.1) is 0 Å². The third-order valence-corrected chi connectivity index (χ3v) is 2.09. The second kappa shape index (κ2) is 3.70. The van der Waals surface area contributed by atoms with Gasteiger partial charge in [-0.25, -0.2) is 0 Å². The fourth-order valence-electron chi connectivity index (χ4n) is 1.44. The van der Waals surface area contributed by atoms with Crippen LogP contribution < -0.4 is 0 Å². The zero-order chi connectivity index (χ0) is 9.10. The van der Waals surface area contributed by atoms with Crippen LogP contribution in [0.15, 0.2) is 11.1 Å². The van der Waals surface area contributed by atoms with Gasteiger partial charge in [-0.05, 0) is 18.9 Å². The maximum Gasteiger partial charge on any atom is 0.250 e. The van der Waals surface area contributed by atoms with Crippen molar-refractivity contribution in [1.29, 1.82) is 0 Å². The Morgan fingerprint density at radius 1 is 1.62 bits per heavy atom. The summed E-state index contributed by atoms with van der Waals surface area (Å²) in [5, 5.41) is 3.81. The zero-order valence-electron chi connectivity index (χ0n) is 7.40. The smallest absolute Gasteiger partial charge is 0.250 e. The Hall–Kier alpha value is -1.16. The highest BCUT2D eigenvalue weighted by Gasteiger charge is 2.18. The van der Waals surface area contributed by atoms with E-state index in [1.807, 2.05) is 0 Å². The molecule has 0 aromatic carbocycles. The molecule has 0 N–H and O–H groups in total. The summed E-state index contributed by atoms with van der Waals surface area (Å²) in [6.45, 7) is 4.41. The molecule has 1 fully saturated rings. The minimum Gasteiger partial charge on any atom is -0.378 e. The quantitative estimate of drug-likeness (QED) is 0.706. The third kappa shape index (κ3) is 1.95. The van der Waals surface area contributed by atoms with E-state index in [2.05, 4.69) is 16.7 Å². The fourth-order valence-corrected chi connectivity index (χ4v) is 1.44. The van der Waals surface area contributed by atoms with E-state index in [4.69, 9.17) is 9.26 Å². The molecule has 70 valence electrons. The summed E-state index contributed by atoms with van der Waals surface area (Å²) in [4.78, 5) is 4.12. The number of nitrogens with zero attached hydrogens (tertiary/aromatic N) is 2. The summed E-state index contributed by atoms with van der Waals surface area (Å²) in [6.07, 6.45) is 4.80. The fraction of sp³-hybridized carbons (Fsp3) is 0.556. The minimum atomic E-state index is 0.273. The van der Waals surface area contributed by atoms with Crippen LogP contribution in [0.3, 0.4) is 0 Å². The summed E-state index contributed by atoms with van der Waals surface area (Å²) in [5.41, 5.74) is 0. The molecule has 0 spiro atoms. The molecule has 0 bridgehead atoms. The molecule has 1 atom stereocenters. The van der Waals surface area contributed by atoms with Gasteiger partial charge in [0.1, 0.15) is 0 Å². The zero-order valence-corrected chi connectivity index (χ0v) is 7.40. The summed E-state index contributed by atoms with van der Waals surface area (Å²) in [6, 6.07) is 0. The molecular weight excluding hydrogens is 168 g/mol. The normalized spacial score (nSPS) is 22.0.